The highest BCUT2D eigenvalue weighted by molar-refractivity contribution is 6.30. The summed E-state index contributed by atoms with van der Waals surface area (Å²) < 4.78 is 0. The third-order valence-electron chi connectivity index (χ3n) is 2.83. The van der Waals surface area contributed by atoms with E-state index in [-0.39, 0.29) is 0 Å². The predicted molar refractivity (Wildman–Crippen MR) is 76.1 cm³/mol. The van der Waals surface area contributed by atoms with Crippen molar-refractivity contribution in [3.05, 3.63) is 46.7 Å². The Morgan fingerprint density at radius 2 is 2.05 bits per heavy atom. The molecule has 1 atom stereocenters. The lowest BCUT2D eigenvalue weighted by atomic mass is 10.1. The summed E-state index contributed by atoms with van der Waals surface area (Å²) in [4.78, 5) is 28.1. The number of halogens is 1. The van der Waals surface area contributed by atoms with Crippen molar-refractivity contribution in [1.29, 1.82) is 0 Å². The number of benzene rings is 1. The first-order valence-electron chi connectivity index (χ1n) is 6.44. The van der Waals surface area contributed by atoms with Gasteiger partial charge in [-0.3, -0.25) is 14.4 Å². The minimum Gasteiger partial charge on any atom is -0.481 e. The second-order valence-electron chi connectivity index (χ2n) is 4.42. The lowest BCUT2D eigenvalue weighted by molar-refractivity contribution is -0.180. The van der Waals surface area contributed by atoms with Gasteiger partial charge in [-0.25, -0.2) is 0 Å². The van der Waals surface area contributed by atoms with E-state index in [0.29, 0.717) is 17.4 Å². The fourth-order valence-corrected chi connectivity index (χ4v) is 2.05. The first-order valence-corrected chi connectivity index (χ1v) is 6.81. The standard InChI is InChI=1S/C14H15ClN2O4/c1-2-16-12-7-11(9-3-5-10(15)6-4-9)21-17(12)13(18)8-14(19)20/h3-7,11,16H,2,8H2,1H3,(H,19,20). The molecule has 1 heterocycles. The minimum absolute atomic E-state index is 0.448. The molecule has 1 aromatic rings. The van der Waals surface area contributed by atoms with E-state index in [1.54, 1.807) is 30.3 Å². The molecular weight excluding hydrogens is 296 g/mol. The summed E-state index contributed by atoms with van der Waals surface area (Å²) in [5, 5.41) is 13.3. The smallest absolute Gasteiger partial charge is 0.312 e. The summed E-state index contributed by atoms with van der Waals surface area (Å²) in [6, 6.07) is 7.03. The van der Waals surface area contributed by atoms with Gasteiger partial charge in [0.2, 0.25) is 0 Å². The van der Waals surface area contributed by atoms with Crippen molar-refractivity contribution >= 4 is 23.5 Å². The number of nitrogens with one attached hydrogen (secondary N) is 1. The van der Waals surface area contributed by atoms with E-state index in [0.717, 1.165) is 10.6 Å². The van der Waals surface area contributed by atoms with Crippen molar-refractivity contribution in [1.82, 2.24) is 10.4 Å². The van der Waals surface area contributed by atoms with Crippen LogP contribution in [0.1, 0.15) is 25.0 Å². The van der Waals surface area contributed by atoms with Gasteiger partial charge in [-0.2, -0.15) is 5.06 Å². The molecule has 1 aromatic carbocycles. The van der Waals surface area contributed by atoms with Crippen LogP contribution in [0.4, 0.5) is 0 Å². The van der Waals surface area contributed by atoms with Crippen LogP contribution in [-0.2, 0) is 14.4 Å². The van der Waals surface area contributed by atoms with Crippen LogP contribution in [0.5, 0.6) is 0 Å². The van der Waals surface area contributed by atoms with Gasteiger partial charge in [0.25, 0.3) is 5.91 Å². The molecule has 112 valence electrons. The van der Waals surface area contributed by atoms with Gasteiger partial charge >= 0.3 is 5.97 Å². The topological polar surface area (TPSA) is 78.9 Å². The van der Waals surface area contributed by atoms with Gasteiger partial charge in [-0.1, -0.05) is 23.7 Å². The minimum atomic E-state index is -1.20. The maximum Gasteiger partial charge on any atom is 0.312 e. The van der Waals surface area contributed by atoms with Crippen molar-refractivity contribution in [3.8, 4) is 0 Å². The van der Waals surface area contributed by atoms with Crippen LogP contribution in [0.25, 0.3) is 0 Å². The van der Waals surface area contributed by atoms with Crippen molar-refractivity contribution in [3.63, 3.8) is 0 Å². The maximum atomic E-state index is 11.9. The molecule has 2 rings (SSSR count). The Morgan fingerprint density at radius 1 is 1.38 bits per heavy atom. The fourth-order valence-electron chi connectivity index (χ4n) is 1.93. The van der Waals surface area contributed by atoms with Gasteiger partial charge in [-0.05, 0) is 30.7 Å². The second kappa shape index (κ2) is 6.60. The SMILES string of the molecule is CCNC1=CC(c2ccc(Cl)cc2)ON1C(=O)CC(=O)O. The van der Waals surface area contributed by atoms with E-state index in [1.165, 1.54) is 0 Å². The number of amides is 1. The number of nitrogens with zero attached hydrogens (tertiary/aromatic N) is 1. The number of carbonyl (C=O) groups is 2. The van der Waals surface area contributed by atoms with E-state index in [2.05, 4.69) is 5.32 Å². The van der Waals surface area contributed by atoms with Crippen LogP contribution < -0.4 is 5.32 Å². The molecule has 21 heavy (non-hydrogen) atoms. The highest BCUT2D eigenvalue weighted by atomic mass is 35.5. The number of carboxylic acids is 1. The fraction of sp³-hybridized carbons (Fsp3) is 0.286. The van der Waals surface area contributed by atoms with Gasteiger partial charge in [0.1, 0.15) is 18.3 Å². The van der Waals surface area contributed by atoms with Crippen LogP contribution >= 0.6 is 11.6 Å². The Morgan fingerprint density at radius 3 is 2.62 bits per heavy atom. The first-order chi connectivity index (χ1) is 10.0. The quantitative estimate of drug-likeness (QED) is 0.814. The Balaban J connectivity index is 2.18. The molecule has 0 fully saturated rings. The molecule has 0 radical (unpaired) electrons. The Labute approximate surface area is 126 Å². The van der Waals surface area contributed by atoms with Crippen LogP contribution in [0.2, 0.25) is 5.02 Å². The molecule has 0 saturated carbocycles. The van der Waals surface area contributed by atoms with E-state index in [1.807, 2.05) is 6.92 Å². The first kappa shape index (κ1) is 15.3. The Hall–Kier alpha value is -2.05. The largest absolute Gasteiger partial charge is 0.481 e. The van der Waals surface area contributed by atoms with Crippen molar-refractivity contribution in [2.45, 2.75) is 19.4 Å². The molecule has 6 nitrogen and oxygen atoms in total. The van der Waals surface area contributed by atoms with Crippen LogP contribution in [0.15, 0.2) is 36.2 Å². The van der Waals surface area contributed by atoms with Gasteiger partial charge in [0, 0.05) is 11.6 Å². The highest BCUT2D eigenvalue weighted by Gasteiger charge is 2.31. The molecule has 0 aromatic heterocycles. The number of rotatable bonds is 5. The molecule has 0 aliphatic carbocycles. The van der Waals surface area contributed by atoms with E-state index >= 15 is 0 Å². The maximum absolute atomic E-state index is 11.9. The van der Waals surface area contributed by atoms with Crippen LogP contribution in [0.3, 0.4) is 0 Å². The number of carboxylic acid groups (broad SMARTS) is 1. The zero-order valence-corrected chi connectivity index (χ0v) is 12.1. The Bertz CT molecular complexity index is 571. The predicted octanol–water partition coefficient (Wildman–Crippen LogP) is 2.08. The van der Waals surface area contributed by atoms with Gasteiger partial charge in [0.15, 0.2) is 0 Å². The molecule has 1 aliphatic heterocycles. The number of hydrogen-bond acceptors (Lipinski definition) is 4. The van der Waals surface area contributed by atoms with Gasteiger partial charge < -0.3 is 10.4 Å². The average Bonchev–Trinajstić information content (AvgIpc) is 2.83. The zero-order valence-electron chi connectivity index (χ0n) is 11.4. The third kappa shape index (κ3) is 3.74. The molecular formula is C14H15ClN2O4. The molecule has 1 unspecified atom stereocenters. The van der Waals surface area contributed by atoms with Crippen molar-refractivity contribution < 1.29 is 19.5 Å². The lowest BCUT2D eigenvalue weighted by Gasteiger charge is -2.20. The molecule has 0 bridgehead atoms. The molecule has 0 saturated heterocycles. The molecule has 2 N–H and O–H groups in total. The molecule has 0 spiro atoms. The summed E-state index contributed by atoms with van der Waals surface area (Å²) in [5.74, 6) is -1.38. The summed E-state index contributed by atoms with van der Waals surface area (Å²) >= 11 is 5.83. The number of aliphatic carboxylic acids is 1. The second-order valence-corrected chi connectivity index (χ2v) is 4.85. The number of hydrogen-bond donors (Lipinski definition) is 2. The van der Waals surface area contributed by atoms with Crippen LogP contribution in [0, 0.1) is 0 Å². The van der Waals surface area contributed by atoms with Gasteiger partial charge in [-0.15, -0.1) is 0 Å². The molecule has 1 amide bonds. The summed E-state index contributed by atoms with van der Waals surface area (Å²) in [6.07, 6.45) is 0.636. The number of hydroxylamine groups is 2. The Kier molecular flexibility index (Phi) is 4.82. The summed E-state index contributed by atoms with van der Waals surface area (Å²) in [5.41, 5.74) is 0.820. The monoisotopic (exact) mass is 310 g/mol. The van der Waals surface area contributed by atoms with Crippen molar-refractivity contribution in [2.24, 2.45) is 0 Å². The van der Waals surface area contributed by atoms with E-state index in [9.17, 15) is 9.59 Å². The number of carbonyl (C=O) groups excluding carboxylic acids is 1. The third-order valence-corrected chi connectivity index (χ3v) is 3.08. The van der Waals surface area contributed by atoms with Crippen LogP contribution in [-0.4, -0.2) is 28.6 Å². The van der Waals surface area contributed by atoms with E-state index in [4.69, 9.17) is 21.5 Å². The van der Waals surface area contributed by atoms with E-state index < -0.39 is 24.4 Å². The van der Waals surface area contributed by atoms with Crippen molar-refractivity contribution in [2.75, 3.05) is 6.54 Å². The average molecular weight is 311 g/mol. The summed E-state index contributed by atoms with van der Waals surface area (Å²) in [7, 11) is 0. The molecule has 1 aliphatic rings. The highest BCUT2D eigenvalue weighted by Crippen LogP contribution is 2.30. The van der Waals surface area contributed by atoms with Gasteiger partial charge in [0.05, 0.1) is 0 Å². The lowest BCUT2D eigenvalue weighted by Crippen LogP contribution is -2.34. The molecule has 7 heteroatoms. The normalized spacial score (nSPS) is 17.5. The zero-order chi connectivity index (χ0) is 15.4. The summed E-state index contributed by atoms with van der Waals surface area (Å²) in [6.45, 7) is 2.45.